The van der Waals surface area contributed by atoms with Gasteiger partial charge in [-0.25, -0.2) is 9.48 Å². The van der Waals surface area contributed by atoms with Crippen LogP contribution in [0.25, 0.3) is 0 Å². The number of rotatable bonds is 3. The van der Waals surface area contributed by atoms with Crippen molar-refractivity contribution in [2.24, 2.45) is 7.05 Å². The van der Waals surface area contributed by atoms with Crippen LogP contribution in [0.15, 0.2) is 41.2 Å². The zero-order chi connectivity index (χ0) is 20.3. The highest BCUT2D eigenvalue weighted by Crippen LogP contribution is 2.35. The third-order valence-corrected chi connectivity index (χ3v) is 4.57. The molecule has 10 heteroatoms. The number of likely N-dealkylation sites (tertiary alicyclic amines) is 1. The van der Waals surface area contributed by atoms with Crippen LogP contribution in [-0.4, -0.2) is 39.8 Å². The molecule has 0 atom stereocenters. The topological polar surface area (TPSA) is 79.3 Å². The lowest BCUT2D eigenvalue weighted by Gasteiger charge is -2.33. The molecule has 1 aliphatic rings. The van der Waals surface area contributed by atoms with Crippen molar-refractivity contribution in [3.63, 3.8) is 0 Å². The molecule has 7 nitrogen and oxygen atoms in total. The van der Waals surface area contributed by atoms with Crippen molar-refractivity contribution in [1.82, 2.24) is 14.7 Å². The quantitative estimate of drug-likeness (QED) is 0.838. The molecule has 0 saturated carbocycles. The fraction of sp³-hybridized carbons (Fsp3) is 0.389. The lowest BCUT2D eigenvalue weighted by molar-refractivity contribution is -0.137. The number of nitrogens with zero attached hydrogens (tertiary/aromatic N) is 3. The van der Waals surface area contributed by atoms with Crippen LogP contribution in [-0.2, 0) is 13.2 Å². The Hall–Kier alpha value is -3.04. The summed E-state index contributed by atoms with van der Waals surface area (Å²) >= 11 is 0. The fourth-order valence-electron chi connectivity index (χ4n) is 3.06. The minimum absolute atomic E-state index is 0.0484. The van der Waals surface area contributed by atoms with E-state index < -0.39 is 11.7 Å². The van der Waals surface area contributed by atoms with Gasteiger partial charge in [0.05, 0.1) is 5.56 Å². The Morgan fingerprint density at radius 3 is 2.46 bits per heavy atom. The Morgan fingerprint density at radius 2 is 1.82 bits per heavy atom. The Balaban J connectivity index is 1.57. The standard InChI is InChI=1S/C18H20F3N5O2/c1-25-16(27)7-6-15(24-25)23-17(28)26-10-8-12(9-11-26)22-14-5-3-2-4-13(14)18(19,20)21/h2-7,12,22H,8-11H2,1H3,(H,23,24,28). The van der Waals surface area contributed by atoms with Crippen LogP contribution in [0.1, 0.15) is 18.4 Å². The van der Waals surface area contributed by atoms with Gasteiger partial charge in [0.15, 0.2) is 5.82 Å². The van der Waals surface area contributed by atoms with E-state index in [-0.39, 0.29) is 29.1 Å². The summed E-state index contributed by atoms with van der Waals surface area (Å²) in [5.41, 5.74) is -0.938. The summed E-state index contributed by atoms with van der Waals surface area (Å²) in [6.45, 7) is 0.785. The van der Waals surface area contributed by atoms with E-state index in [4.69, 9.17) is 0 Å². The number of halogens is 3. The molecule has 3 rings (SSSR count). The maximum Gasteiger partial charge on any atom is 0.418 e. The van der Waals surface area contributed by atoms with Crippen molar-refractivity contribution >= 4 is 17.5 Å². The summed E-state index contributed by atoms with van der Waals surface area (Å²) in [6.07, 6.45) is -3.40. The number of hydrogen-bond donors (Lipinski definition) is 2. The monoisotopic (exact) mass is 395 g/mol. The molecule has 2 aromatic rings. The molecule has 0 spiro atoms. The molecular weight excluding hydrogens is 375 g/mol. The van der Waals surface area contributed by atoms with E-state index in [2.05, 4.69) is 15.7 Å². The first-order valence-corrected chi connectivity index (χ1v) is 8.77. The van der Waals surface area contributed by atoms with Crippen LogP contribution in [0.4, 0.5) is 29.5 Å². The first kappa shape index (κ1) is 19.7. The van der Waals surface area contributed by atoms with E-state index in [9.17, 15) is 22.8 Å². The van der Waals surface area contributed by atoms with Gasteiger partial charge in [0.1, 0.15) is 0 Å². The van der Waals surface area contributed by atoms with Gasteiger partial charge in [0.25, 0.3) is 5.56 Å². The van der Waals surface area contributed by atoms with Crippen molar-refractivity contribution in [2.45, 2.75) is 25.1 Å². The van der Waals surface area contributed by atoms with E-state index in [1.54, 1.807) is 11.0 Å². The molecule has 0 radical (unpaired) electrons. The van der Waals surface area contributed by atoms with E-state index >= 15 is 0 Å². The maximum absolute atomic E-state index is 13.1. The minimum atomic E-state index is -4.42. The lowest BCUT2D eigenvalue weighted by atomic mass is 10.0. The number of carbonyl (C=O) groups excluding carboxylic acids is 1. The lowest BCUT2D eigenvalue weighted by Crippen LogP contribution is -2.44. The second kappa shape index (κ2) is 7.91. The van der Waals surface area contributed by atoms with Crippen LogP contribution in [0.2, 0.25) is 0 Å². The molecule has 1 aliphatic heterocycles. The summed E-state index contributed by atoms with van der Waals surface area (Å²) in [7, 11) is 1.48. The average molecular weight is 395 g/mol. The van der Waals surface area contributed by atoms with Gasteiger partial charge < -0.3 is 10.2 Å². The van der Waals surface area contributed by atoms with Crippen molar-refractivity contribution in [3.05, 3.63) is 52.3 Å². The fourth-order valence-corrected chi connectivity index (χ4v) is 3.06. The van der Waals surface area contributed by atoms with E-state index in [1.807, 2.05) is 0 Å². The number of aryl methyl sites for hydroxylation is 1. The summed E-state index contributed by atoms with van der Waals surface area (Å²) < 4.78 is 40.4. The predicted octanol–water partition coefficient (Wildman–Crippen LogP) is 2.91. The molecule has 2 heterocycles. The molecule has 150 valence electrons. The van der Waals surface area contributed by atoms with Crippen LogP contribution in [0.5, 0.6) is 0 Å². The summed E-state index contributed by atoms with van der Waals surface area (Å²) in [5, 5.41) is 9.51. The smallest absolute Gasteiger partial charge is 0.382 e. The third-order valence-electron chi connectivity index (χ3n) is 4.57. The number of piperidine rings is 1. The highest BCUT2D eigenvalue weighted by molar-refractivity contribution is 5.88. The van der Waals surface area contributed by atoms with Crippen LogP contribution in [0, 0.1) is 0 Å². The number of carbonyl (C=O) groups is 1. The van der Waals surface area contributed by atoms with Gasteiger partial charge in [-0.2, -0.15) is 18.3 Å². The molecular formula is C18H20F3N5O2. The number of aromatic nitrogens is 2. The Kier molecular flexibility index (Phi) is 5.57. The van der Waals surface area contributed by atoms with E-state index in [0.717, 1.165) is 10.7 Å². The molecule has 0 bridgehead atoms. The Morgan fingerprint density at radius 1 is 1.14 bits per heavy atom. The minimum Gasteiger partial charge on any atom is -0.382 e. The third kappa shape index (κ3) is 4.62. The normalized spacial score (nSPS) is 15.4. The van der Waals surface area contributed by atoms with E-state index in [1.165, 1.54) is 31.3 Å². The maximum atomic E-state index is 13.1. The van der Waals surface area contributed by atoms with Gasteiger partial charge in [-0.15, -0.1) is 0 Å². The molecule has 28 heavy (non-hydrogen) atoms. The number of hydrogen-bond acceptors (Lipinski definition) is 4. The van der Waals surface area contributed by atoms with Gasteiger partial charge in [-0.05, 0) is 31.0 Å². The van der Waals surface area contributed by atoms with Crippen molar-refractivity contribution in [2.75, 3.05) is 23.7 Å². The van der Waals surface area contributed by atoms with Gasteiger partial charge in [-0.3, -0.25) is 10.1 Å². The Labute approximate surface area is 159 Å². The Bertz CT molecular complexity index is 905. The van der Waals surface area contributed by atoms with Crippen molar-refractivity contribution in [1.29, 1.82) is 0 Å². The molecule has 2 N–H and O–H groups in total. The molecule has 1 aromatic heterocycles. The number of alkyl halides is 3. The van der Waals surface area contributed by atoms with Crippen molar-refractivity contribution < 1.29 is 18.0 Å². The summed E-state index contributed by atoms with van der Waals surface area (Å²) in [6, 6.07) is 7.57. The molecule has 1 aromatic carbocycles. The second-order valence-electron chi connectivity index (χ2n) is 6.56. The number of anilines is 2. The summed E-state index contributed by atoms with van der Waals surface area (Å²) in [4.78, 5) is 25.2. The molecule has 1 fully saturated rings. The zero-order valence-electron chi connectivity index (χ0n) is 15.2. The largest absolute Gasteiger partial charge is 0.418 e. The zero-order valence-corrected chi connectivity index (χ0v) is 15.2. The molecule has 2 amide bonds. The number of urea groups is 1. The van der Waals surface area contributed by atoms with Gasteiger partial charge >= 0.3 is 12.2 Å². The predicted molar refractivity (Wildman–Crippen MR) is 98.2 cm³/mol. The van der Waals surface area contributed by atoms with Crippen molar-refractivity contribution in [3.8, 4) is 0 Å². The number of para-hydroxylation sites is 1. The first-order chi connectivity index (χ1) is 13.2. The summed E-state index contributed by atoms with van der Waals surface area (Å²) in [5.74, 6) is 0.256. The molecule has 1 saturated heterocycles. The van der Waals surface area contributed by atoms with E-state index in [0.29, 0.717) is 25.9 Å². The number of nitrogens with one attached hydrogen (secondary N) is 2. The van der Waals surface area contributed by atoms with Gasteiger partial charge in [0, 0.05) is 37.9 Å². The van der Waals surface area contributed by atoms with Crippen LogP contribution >= 0.6 is 0 Å². The van der Waals surface area contributed by atoms with Crippen LogP contribution in [0.3, 0.4) is 0 Å². The highest BCUT2D eigenvalue weighted by Gasteiger charge is 2.34. The number of benzene rings is 1. The van der Waals surface area contributed by atoms with Gasteiger partial charge in [0.2, 0.25) is 0 Å². The first-order valence-electron chi connectivity index (χ1n) is 8.77. The van der Waals surface area contributed by atoms with Crippen LogP contribution < -0.4 is 16.2 Å². The second-order valence-corrected chi connectivity index (χ2v) is 6.56. The molecule has 0 aliphatic carbocycles. The SMILES string of the molecule is Cn1nc(NC(=O)N2CCC(Nc3ccccc3C(F)(F)F)CC2)ccc1=O. The average Bonchev–Trinajstić information content (AvgIpc) is 2.65. The van der Waals surface area contributed by atoms with Gasteiger partial charge in [-0.1, -0.05) is 12.1 Å². The highest BCUT2D eigenvalue weighted by atomic mass is 19.4. The molecule has 0 unspecified atom stereocenters. The number of amides is 2.